The fraction of sp³-hybridized carbons (Fsp3) is 0.222. The smallest absolute Gasteiger partial charge is 0.283 e. The van der Waals surface area contributed by atoms with Gasteiger partial charge in [0.25, 0.3) is 5.91 Å². The molecule has 8 heteroatoms. The highest BCUT2D eigenvalue weighted by Gasteiger charge is 2.34. The van der Waals surface area contributed by atoms with Gasteiger partial charge < -0.3 is 9.47 Å². The fourth-order valence-electron chi connectivity index (χ4n) is 2.32. The van der Waals surface area contributed by atoms with Crippen LogP contribution in [0.15, 0.2) is 53.4 Å². The van der Waals surface area contributed by atoms with E-state index >= 15 is 0 Å². The Morgan fingerprint density at radius 3 is 2.38 bits per heavy atom. The number of rotatable bonds is 4. The van der Waals surface area contributed by atoms with Gasteiger partial charge in [-0.2, -0.15) is 0 Å². The number of para-hydroxylation sites is 2. The van der Waals surface area contributed by atoms with Gasteiger partial charge in [-0.1, -0.05) is 23.7 Å². The van der Waals surface area contributed by atoms with Crippen LogP contribution >= 0.6 is 23.4 Å². The zero-order valence-corrected chi connectivity index (χ0v) is 15.5. The summed E-state index contributed by atoms with van der Waals surface area (Å²) < 4.78 is 11.3. The minimum absolute atomic E-state index is 0.155. The van der Waals surface area contributed by atoms with Crippen molar-refractivity contribution in [3.8, 4) is 11.5 Å². The molecule has 0 spiro atoms. The highest BCUT2D eigenvalue weighted by molar-refractivity contribution is 8.00. The average Bonchev–Trinajstić information content (AvgIpc) is 2.65. The quantitative estimate of drug-likeness (QED) is 0.618. The van der Waals surface area contributed by atoms with Crippen LogP contribution in [-0.4, -0.2) is 29.8 Å². The first-order valence-electron chi connectivity index (χ1n) is 7.92. The predicted octanol–water partition coefficient (Wildman–Crippen LogP) is 2.81. The van der Waals surface area contributed by atoms with Gasteiger partial charge in [0.05, 0.1) is 5.75 Å². The first-order valence-corrected chi connectivity index (χ1v) is 9.28. The van der Waals surface area contributed by atoms with Gasteiger partial charge in [0.2, 0.25) is 12.0 Å². The Bertz CT molecular complexity index is 800. The summed E-state index contributed by atoms with van der Waals surface area (Å²) in [4.78, 5) is 25.1. The molecule has 136 valence electrons. The molecule has 1 aliphatic heterocycles. The van der Waals surface area contributed by atoms with E-state index in [0.29, 0.717) is 16.5 Å². The maximum absolute atomic E-state index is 12.3. The molecular formula is C18H17ClN2O4S. The van der Waals surface area contributed by atoms with Gasteiger partial charge in [0.1, 0.15) is 6.10 Å². The van der Waals surface area contributed by atoms with Crippen molar-refractivity contribution >= 4 is 35.2 Å². The lowest BCUT2D eigenvalue weighted by Crippen LogP contribution is -2.54. The van der Waals surface area contributed by atoms with E-state index in [1.807, 2.05) is 18.2 Å². The minimum atomic E-state index is -0.853. The number of halogens is 1. The molecule has 2 unspecified atom stereocenters. The summed E-state index contributed by atoms with van der Waals surface area (Å²) in [5, 5.41) is 0.636. The van der Waals surface area contributed by atoms with Gasteiger partial charge in [-0.3, -0.25) is 20.4 Å². The van der Waals surface area contributed by atoms with Crippen LogP contribution < -0.4 is 20.3 Å². The second-order valence-corrected chi connectivity index (χ2v) is 7.07. The number of hydrogen-bond donors (Lipinski definition) is 2. The lowest BCUT2D eigenvalue weighted by atomic mass is 10.1. The van der Waals surface area contributed by atoms with E-state index in [2.05, 4.69) is 10.9 Å². The van der Waals surface area contributed by atoms with Gasteiger partial charge in [0.15, 0.2) is 11.5 Å². The normalized spacial score (nSPS) is 18.1. The zero-order valence-electron chi connectivity index (χ0n) is 13.9. The van der Waals surface area contributed by atoms with Crippen LogP contribution in [0.4, 0.5) is 0 Å². The molecule has 0 aromatic heterocycles. The van der Waals surface area contributed by atoms with Gasteiger partial charge in [0, 0.05) is 9.92 Å². The summed E-state index contributed by atoms with van der Waals surface area (Å²) in [5.74, 6) is 0.435. The number of carbonyl (C=O) groups is 2. The van der Waals surface area contributed by atoms with Crippen LogP contribution in [0, 0.1) is 0 Å². The first kappa shape index (κ1) is 18.4. The van der Waals surface area contributed by atoms with E-state index in [-0.39, 0.29) is 11.7 Å². The minimum Gasteiger partial charge on any atom is -0.482 e. The van der Waals surface area contributed by atoms with Gasteiger partial charge >= 0.3 is 0 Å². The maximum Gasteiger partial charge on any atom is 0.283 e. The van der Waals surface area contributed by atoms with Crippen molar-refractivity contribution in [2.75, 3.05) is 5.75 Å². The number of carbonyl (C=O) groups excluding carboxylic acids is 2. The largest absolute Gasteiger partial charge is 0.482 e. The highest BCUT2D eigenvalue weighted by atomic mass is 35.5. The van der Waals surface area contributed by atoms with Crippen LogP contribution in [0.3, 0.4) is 0 Å². The van der Waals surface area contributed by atoms with Crippen LogP contribution in [0.5, 0.6) is 11.5 Å². The molecule has 6 nitrogen and oxygen atoms in total. The number of hydrazine groups is 1. The standard InChI is InChI=1S/C18H17ClN2O4S/c1-11-17(25-15-5-3-2-4-14(15)24-11)18(23)21-20-16(22)10-26-13-8-6-12(19)7-9-13/h2-9,11,17H,10H2,1H3,(H,20,22)(H,21,23). The van der Waals surface area contributed by atoms with Gasteiger partial charge in [-0.15, -0.1) is 11.8 Å². The molecule has 2 aromatic rings. The Morgan fingerprint density at radius 2 is 1.69 bits per heavy atom. The summed E-state index contributed by atoms with van der Waals surface area (Å²) in [6, 6.07) is 14.3. The molecule has 0 saturated heterocycles. The zero-order chi connectivity index (χ0) is 18.5. The van der Waals surface area contributed by atoms with Crippen LogP contribution in [-0.2, 0) is 9.59 Å². The molecule has 0 aliphatic carbocycles. The van der Waals surface area contributed by atoms with Gasteiger partial charge in [-0.05, 0) is 43.3 Å². The third-order valence-electron chi connectivity index (χ3n) is 3.61. The second kappa shape index (κ2) is 8.33. The summed E-state index contributed by atoms with van der Waals surface area (Å²) >= 11 is 7.16. The van der Waals surface area contributed by atoms with Crippen molar-refractivity contribution in [1.29, 1.82) is 0 Å². The second-order valence-electron chi connectivity index (χ2n) is 5.59. The fourth-order valence-corrected chi connectivity index (χ4v) is 3.15. The molecule has 0 radical (unpaired) electrons. The van der Waals surface area contributed by atoms with Crippen molar-refractivity contribution in [1.82, 2.24) is 10.9 Å². The maximum atomic E-state index is 12.3. The molecule has 1 aliphatic rings. The predicted molar refractivity (Wildman–Crippen MR) is 99.4 cm³/mol. The summed E-state index contributed by atoms with van der Waals surface area (Å²) in [7, 11) is 0. The third-order valence-corrected chi connectivity index (χ3v) is 4.87. The molecule has 1 heterocycles. The van der Waals surface area contributed by atoms with E-state index in [1.54, 1.807) is 37.3 Å². The van der Waals surface area contributed by atoms with E-state index in [0.717, 1.165) is 4.90 Å². The molecular weight excluding hydrogens is 376 g/mol. The molecule has 26 heavy (non-hydrogen) atoms. The Labute approximate surface area is 160 Å². The van der Waals surface area contributed by atoms with Crippen molar-refractivity contribution < 1.29 is 19.1 Å². The summed E-state index contributed by atoms with van der Waals surface area (Å²) in [5.41, 5.74) is 4.77. The number of hydrogen-bond acceptors (Lipinski definition) is 5. The monoisotopic (exact) mass is 392 g/mol. The number of fused-ring (bicyclic) bond motifs is 1. The van der Waals surface area contributed by atoms with Crippen molar-refractivity contribution in [3.05, 3.63) is 53.6 Å². The molecule has 2 N–H and O–H groups in total. The van der Waals surface area contributed by atoms with Crippen LogP contribution in [0.25, 0.3) is 0 Å². The summed E-state index contributed by atoms with van der Waals surface area (Å²) in [6.45, 7) is 1.73. The first-order chi connectivity index (χ1) is 12.5. The Hall–Kier alpha value is -2.38. The van der Waals surface area contributed by atoms with Crippen molar-refractivity contribution in [2.45, 2.75) is 24.0 Å². The van der Waals surface area contributed by atoms with E-state index < -0.39 is 18.1 Å². The van der Waals surface area contributed by atoms with Crippen LogP contribution in [0.2, 0.25) is 5.02 Å². The molecule has 0 bridgehead atoms. The van der Waals surface area contributed by atoms with E-state index in [9.17, 15) is 9.59 Å². The number of nitrogens with one attached hydrogen (secondary N) is 2. The molecule has 0 fully saturated rings. The number of amides is 2. The van der Waals surface area contributed by atoms with Gasteiger partial charge in [-0.25, -0.2) is 0 Å². The van der Waals surface area contributed by atoms with Crippen molar-refractivity contribution in [2.24, 2.45) is 0 Å². The number of ether oxygens (including phenoxy) is 2. The number of thioether (sulfide) groups is 1. The molecule has 2 aromatic carbocycles. The SMILES string of the molecule is CC1Oc2ccccc2OC1C(=O)NNC(=O)CSc1ccc(Cl)cc1. The highest BCUT2D eigenvalue weighted by Crippen LogP contribution is 2.33. The topological polar surface area (TPSA) is 76.7 Å². The third kappa shape index (κ3) is 4.62. The van der Waals surface area contributed by atoms with E-state index in [4.69, 9.17) is 21.1 Å². The Balaban J connectivity index is 1.47. The number of benzene rings is 2. The summed E-state index contributed by atoms with van der Waals surface area (Å²) in [6.07, 6.45) is -1.33. The average molecular weight is 393 g/mol. The molecule has 0 saturated carbocycles. The molecule has 3 rings (SSSR count). The lowest BCUT2D eigenvalue weighted by Gasteiger charge is -2.30. The molecule has 2 atom stereocenters. The van der Waals surface area contributed by atoms with Crippen molar-refractivity contribution in [3.63, 3.8) is 0 Å². The Kier molecular flexibility index (Phi) is 5.90. The van der Waals surface area contributed by atoms with E-state index in [1.165, 1.54) is 11.8 Å². The molecule has 2 amide bonds. The van der Waals surface area contributed by atoms with Crippen LogP contribution in [0.1, 0.15) is 6.92 Å². The Morgan fingerprint density at radius 1 is 1.04 bits per heavy atom. The lowest BCUT2D eigenvalue weighted by molar-refractivity contribution is -0.137.